The molecular formula is C9H8N2O2S. The average Bonchev–Trinajstić information content (AvgIpc) is 2.84. The Morgan fingerprint density at radius 1 is 1.43 bits per heavy atom. The summed E-state index contributed by atoms with van der Waals surface area (Å²) in [6.45, 7) is 0. The first-order valence-electron chi connectivity index (χ1n) is 4.55. The average molecular weight is 208 g/mol. The number of nitrogens with zero attached hydrogens (tertiary/aromatic N) is 2. The zero-order chi connectivity index (χ0) is 9.71. The summed E-state index contributed by atoms with van der Waals surface area (Å²) < 4.78 is 0. The molecular weight excluding hydrogens is 200 g/mol. The van der Waals surface area contributed by atoms with E-state index in [0.29, 0.717) is 5.71 Å². The lowest BCUT2D eigenvalue weighted by molar-refractivity contribution is -0.127. The number of carbonyl (C=O) groups excluding carboxylic acids is 2. The number of fused-ring (bicyclic) bond motifs is 1. The van der Waals surface area contributed by atoms with E-state index >= 15 is 0 Å². The molecule has 0 aromatic rings. The number of hydrogen-bond acceptors (Lipinski definition) is 3. The van der Waals surface area contributed by atoms with Crippen molar-refractivity contribution < 1.29 is 9.59 Å². The first-order chi connectivity index (χ1) is 6.77. The van der Waals surface area contributed by atoms with Crippen LogP contribution in [-0.4, -0.2) is 33.8 Å². The molecule has 2 aliphatic heterocycles. The molecule has 3 rings (SSSR count). The fourth-order valence-corrected chi connectivity index (χ4v) is 2.55. The van der Waals surface area contributed by atoms with Crippen LogP contribution in [0.15, 0.2) is 16.5 Å². The summed E-state index contributed by atoms with van der Waals surface area (Å²) in [5.41, 5.74) is 0.613. The minimum atomic E-state index is -0.379. The van der Waals surface area contributed by atoms with E-state index in [1.165, 1.54) is 16.7 Å². The summed E-state index contributed by atoms with van der Waals surface area (Å²) >= 11 is 1.43. The van der Waals surface area contributed by atoms with Crippen molar-refractivity contribution in [1.29, 1.82) is 0 Å². The Labute approximate surface area is 85.1 Å². The van der Waals surface area contributed by atoms with Gasteiger partial charge in [-0.2, -0.15) is 4.99 Å². The smallest absolute Gasteiger partial charge is 0.273 e. The standard InChI is InChI=1S/C9H8N2O2S/c12-8-7-6(3-4-14-7)10-9(13)11(8)5-1-2-5/h3-5,7H,1-2H2. The zero-order valence-electron chi connectivity index (χ0n) is 7.34. The molecule has 0 saturated heterocycles. The molecule has 0 N–H and O–H groups in total. The summed E-state index contributed by atoms with van der Waals surface area (Å²) in [6.07, 6.45) is 3.62. The predicted molar refractivity (Wildman–Crippen MR) is 53.2 cm³/mol. The van der Waals surface area contributed by atoms with Crippen LogP contribution in [0.3, 0.4) is 0 Å². The Bertz CT molecular complexity index is 384. The molecule has 0 spiro atoms. The Kier molecular flexibility index (Phi) is 1.58. The first-order valence-corrected chi connectivity index (χ1v) is 5.49. The van der Waals surface area contributed by atoms with Crippen LogP contribution in [0.25, 0.3) is 0 Å². The molecule has 0 aromatic heterocycles. The van der Waals surface area contributed by atoms with Gasteiger partial charge in [-0.3, -0.25) is 9.69 Å². The lowest BCUT2D eigenvalue weighted by Gasteiger charge is -2.25. The van der Waals surface area contributed by atoms with Gasteiger partial charge in [0, 0.05) is 6.04 Å². The molecule has 0 bridgehead atoms. The summed E-state index contributed by atoms with van der Waals surface area (Å²) in [6, 6.07) is -0.252. The van der Waals surface area contributed by atoms with Crippen molar-refractivity contribution >= 4 is 29.4 Å². The van der Waals surface area contributed by atoms with Gasteiger partial charge in [-0.05, 0) is 24.3 Å². The number of rotatable bonds is 1. The maximum absolute atomic E-state index is 11.9. The van der Waals surface area contributed by atoms with Crippen LogP contribution in [0.4, 0.5) is 4.79 Å². The molecule has 1 aliphatic carbocycles. The van der Waals surface area contributed by atoms with Crippen LogP contribution >= 0.6 is 11.8 Å². The van der Waals surface area contributed by atoms with Gasteiger partial charge in [0.05, 0.1) is 5.71 Å². The van der Waals surface area contributed by atoms with Crippen molar-refractivity contribution in [3.63, 3.8) is 0 Å². The maximum Gasteiger partial charge on any atom is 0.350 e. The fourth-order valence-electron chi connectivity index (χ4n) is 1.68. The number of allylic oxidation sites excluding steroid dienone is 1. The SMILES string of the molecule is O=C1N=C2C=CSC2C(=O)N1C1CC1. The van der Waals surface area contributed by atoms with Crippen LogP contribution in [0.5, 0.6) is 0 Å². The topological polar surface area (TPSA) is 49.7 Å². The Hall–Kier alpha value is -1.10. The van der Waals surface area contributed by atoms with Gasteiger partial charge < -0.3 is 0 Å². The van der Waals surface area contributed by atoms with E-state index in [2.05, 4.69) is 4.99 Å². The molecule has 5 heteroatoms. The summed E-state index contributed by atoms with van der Waals surface area (Å²) in [4.78, 5) is 28.6. The first kappa shape index (κ1) is 8.23. The molecule has 14 heavy (non-hydrogen) atoms. The Morgan fingerprint density at radius 3 is 2.93 bits per heavy atom. The van der Waals surface area contributed by atoms with Crippen LogP contribution < -0.4 is 0 Å². The number of amides is 3. The van der Waals surface area contributed by atoms with Crippen molar-refractivity contribution in [2.24, 2.45) is 4.99 Å². The molecule has 1 unspecified atom stereocenters. The molecule has 1 fully saturated rings. The molecule has 2 heterocycles. The lowest BCUT2D eigenvalue weighted by Crippen LogP contribution is -2.48. The Morgan fingerprint density at radius 2 is 2.21 bits per heavy atom. The van der Waals surface area contributed by atoms with E-state index in [0.717, 1.165) is 12.8 Å². The molecule has 0 aromatic carbocycles. The van der Waals surface area contributed by atoms with Crippen LogP contribution in [0, 0.1) is 0 Å². The predicted octanol–water partition coefficient (Wildman–Crippen LogP) is 1.18. The van der Waals surface area contributed by atoms with Gasteiger partial charge in [-0.15, -0.1) is 11.8 Å². The van der Waals surface area contributed by atoms with Gasteiger partial charge in [0.15, 0.2) is 0 Å². The molecule has 4 nitrogen and oxygen atoms in total. The molecule has 1 saturated carbocycles. The largest absolute Gasteiger partial charge is 0.350 e. The van der Waals surface area contributed by atoms with E-state index < -0.39 is 0 Å². The maximum atomic E-state index is 11.9. The van der Waals surface area contributed by atoms with Crippen molar-refractivity contribution in [2.45, 2.75) is 24.1 Å². The second-order valence-corrected chi connectivity index (χ2v) is 4.59. The van der Waals surface area contributed by atoms with Gasteiger partial charge in [0.25, 0.3) is 5.91 Å². The zero-order valence-corrected chi connectivity index (χ0v) is 8.16. The molecule has 1 atom stereocenters. The summed E-state index contributed by atoms with van der Waals surface area (Å²) in [5.74, 6) is -0.0856. The number of hydrogen-bond donors (Lipinski definition) is 0. The number of carbonyl (C=O) groups is 2. The minimum Gasteiger partial charge on any atom is -0.273 e. The Balaban J connectivity index is 1.98. The van der Waals surface area contributed by atoms with E-state index in [4.69, 9.17) is 0 Å². The number of thioether (sulfide) groups is 1. The van der Waals surface area contributed by atoms with Gasteiger partial charge in [0.1, 0.15) is 5.25 Å². The lowest BCUT2D eigenvalue weighted by atomic mass is 10.2. The third kappa shape index (κ3) is 1.05. The van der Waals surface area contributed by atoms with Crippen molar-refractivity contribution in [3.8, 4) is 0 Å². The van der Waals surface area contributed by atoms with Crippen LogP contribution in [0.2, 0.25) is 0 Å². The molecule has 72 valence electrons. The van der Waals surface area contributed by atoms with Gasteiger partial charge in [-0.1, -0.05) is 0 Å². The normalized spacial score (nSPS) is 30.7. The third-order valence-electron chi connectivity index (χ3n) is 2.53. The van der Waals surface area contributed by atoms with Crippen LogP contribution in [0.1, 0.15) is 12.8 Å². The molecule has 3 aliphatic rings. The molecule has 0 radical (unpaired) electrons. The van der Waals surface area contributed by atoms with E-state index in [1.54, 1.807) is 6.08 Å². The van der Waals surface area contributed by atoms with Gasteiger partial charge in [0.2, 0.25) is 0 Å². The highest BCUT2D eigenvalue weighted by Crippen LogP contribution is 2.34. The fraction of sp³-hybridized carbons (Fsp3) is 0.444. The summed E-state index contributed by atoms with van der Waals surface area (Å²) in [7, 11) is 0. The van der Waals surface area contributed by atoms with E-state index in [1.807, 2.05) is 5.41 Å². The van der Waals surface area contributed by atoms with E-state index in [-0.39, 0.29) is 23.2 Å². The quantitative estimate of drug-likeness (QED) is 0.650. The van der Waals surface area contributed by atoms with Crippen molar-refractivity contribution in [3.05, 3.63) is 11.5 Å². The van der Waals surface area contributed by atoms with Crippen molar-refractivity contribution in [1.82, 2.24) is 4.90 Å². The minimum absolute atomic E-state index is 0.0856. The summed E-state index contributed by atoms with van der Waals surface area (Å²) in [5, 5.41) is 1.57. The number of imide groups is 1. The highest BCUT2D eigenvalue weighted by atomic mass is 32.2. The van der Waals surface area contributed by atoms with Gasteiger partial charge in [-0.25, -0.2) is 4.79 Å². The van der Waals surface area contributed by atoms with Crippen molar-refractivity contribution in [2.75, 3.05) is 0 Å². The second kappa shape index (κ2) is 2.70. The molecule has 3 amide bonds. The van der Waals surface area contributed by atoms with Crippen LogP contribution in [-0.2, 0) is 4.79 Å². The second-order valence-electron chi connectivity index (χ2n) is 3.58. The monoisotopic (exact) mass is 208 g/mol. The third-order valence-corrected chi connectivity index (χ3v) is 3.54. The highest BCUT2D eigenvalue weighted by Gasteiger charge is 2.45. The van der Waals surface area contributed by atoms with E-state index in [9.17, 15) is 9.59 Å². The number of aliphatic imine (C=N–C) groups is 1. The highest BCUT2D eigenvalue weighted by molar-refractivity contribution is 8.04. The van der Waals surface area contributed by atoms with Gasteiger partial charge >= 0.3 is 6.03 Å². The number of urea groups is 1.